The van der Waals surface area contributed by atoms with Crippen LogP contribution >= 0.6 is 0 Å². The molecule has 0 amide bonds. The maximum absolute atomic E-state index is 16.6. The van der Waals surface area contributed by atoms with Crippen LogP contribution < -0.4 is 0 Å². The number of pyridine rings is 2. The molecule has 0 saturated heterocycles. The summed E-state index contributed by atoms with van der Waals surface area (Å²) in [5.74, 6) is 0. The van der Waals surface area contributed by atoms with Crippen molar-refractivity contribution in [2.24, 2.45) is 0 Å². The molecule has 0 bridgehead atoms. The summed E-state index contributed by atoms with van der Waals surface area (Å²) in [6.07, 6.45) is -4.83. The monoisotopic (exact) mass is 883 g/mol. The van der Waals surface area contributed by atoms with E-state index in [1.54, 1.807) is 39.5 Å². The van der Waals surface area contributed by atoms with E-state index < -0.39 is 11.7 Å². The maximum Gasteiger partial charge on any atom is 0.420 e. The van der Waals surface area contributed by atoms with Gasteiger partial charge in [0.15, 0.2) is 5.69 Å². The quantitative estimate of drug-likeness (QED) is 0.150. The first-order chi connectivity index (χ1) is 33.3. The first kappa shape index (κ1) is 40.4. The van der Waals surface area contributed by atoms with Crippen molar-refractivity contribution in [1.29, 1.82) is 0 Å². The van der Waals surface area contributed by atoms with Gasteiger partial charge in [-0.15, -0.1) is 0 Å². The van der Waals surface area contributed by atoms with Gasteiger partial charge in [-0.3, -0.25) is 0 Å². The van der Waals surface area contributed by atoms with Gasteiger partial charge in [0.1, 0.15) is 5.56 Å². The zero-order chi connectivity index (χ0) is 45.9. The lowest BCUT2D eigenvalue weighted by molar-refractivity contribution is -0.137. The fraction of sp³-hybridized carbons (Fsp3) is 0.0167. The Balaban J connectivity index is 1.12. The summed E-state index contributed by atoms with van der Waals surface area (Å²) >= 11 is 0. The molecule has 0 N–H and O–H groups in total. The molecule has 322 valence electrons. The third-order valence-corrected chi connectivity index (χ3v) is 12.7. The Hall–Kier alpha value is -9.06. The van der Waals surface area contributed by atoms with Gasteiger partial charge in [-0.05, 0) is 90.0 Å². The molecule has 12 aromatic rings. The van der Waals surface area contributed by atoms with Crippen molar-refractivity contribution in [2.45, 2.75) is 6.18 Å². The number of halogens is 3. The lowest BCUT2D eigenvalue weighted by atomic mass is 9.98. The van der Waals surface area contributed by atoms with Crippen LogP contribution in [0.25, 0.3) is 116 Å². The summed E-state index contributed by atoms with van der Waals surface area (Å²) < 4.78 is 53.3. The van der Waals surface area contributed by atoms with Gasteiger partial charge in [-0.25, -0.2) is 14.8 Å². The molecule has 0 aliphatic carbocycles. The molecule has 4 aromatic heterocycles. The van der Waals surface area contributed by atoms with Crippen molar-refractivity contribution in [2.75, 3.05) is 0 Å². The predicted molar refractivity (Wildman–Crippen MR) is 269 cm³/mol. The molecule has 68 heavy (non-hydrogen) atoms. The van der Waals surface area contributed by atoms with Crippen LogP contribution in [-0.2, 0) is 6.18 Å². The van der Waals surface area contributed by atoms with Crippen molar-refractivity contribution >= 4 is 49.3 Å². The molecule has 0 aliphatic rings. The third kappa shape index (κ3) is 6.88. The summed E-state index contributed by atoms with van der Waals surface area (Å²) in [6, 6.07) is 68.9. The number of benzene rings is 8. The van der Waals surface area contributed by atoms with Gasteiger partial charge in [-0.2, -0.15) is 13.2 Å². The number of aromatic nitrogens is 4. The van der Waals surface area contributed by atoms with Crippen molar-refractivity contribution in [3.63, 3.8) is 0 Å². The molecule has 0 fully saturated rings. The van der Waals surface area contributed by atoms with Crippen LogP contribution in [0.5, 0.6) is 0 Å². The number of rotatable bonds is 7. The highest BCUT2D eigenvalue weighted by Crippen LogP contribution is 2.47. The Bertz CT molecular complexity index is 3750. The van der Waals surface area contributed by atoms with Gasteiger partial charge in [0, 0.05) is 43.8 Å². The molecule has 0 unspecified atom stereocenters. The molecule has 0 spiro atoms. The van der Waals surface area contributed by atoms with Gasteiger partial charge in [0.05, 0.1) is 62.8 Å². The summed E-state index contributed by atoms with van der Waals surface area (Å²) in [5.41, 5.74) is 9.90. The van der Waals surface area contributed by atoms with Crippen molar-refractivity contribution in [3.05, 3.63) is 235 Å². The Morgan fingerprint density at radius 2 is 0.765 bits per heavy atom. The second-order valence-corrected chi connectivity index (χ2v) is 16.8. The Kier molecular flexibility index (Phi) is 9.59. The molecule has 0 radical (unpaired) electrons. The lowest BCUT2D eigenvalue weighted by Crippen LogP contribution is -2.16. The van der Waals surface area contributed by atoms with Gasteiger partial charge in [0.25, 0.3) is 0 Å². The van der Waals surface area contributed by atoms with Crippen LogP contribution in [0.4, 0.5) is 18.9 Å². The fourth-order valence-electron chi connectivity index (χ4n) is 9.69. The number of para-hydroxylation sites is 2. The van der Waals surface area contributed by atoms with Crippen LogP contribution in [-0.4, -0.2) is 19.1 Å². The summed E-state index contributed by atoms with van der Waals surface area (Å²) in [4.78, 5) is 13.7. The first-order valence-corrected chi connectivity index (χ1v) is 22.2. The predicted octanol–water partition coefficient (Wildman–Crippen LogP) is 16.6. The lowest BCUT2D eigenvalue weighted by Gasteiger charge is -2.23. The van der Waals surface area contributed by atoms with E-state index in [-0.39, 0.29) is 11.4 Å². The summed E-state index contributed by atoms with van der Waals surface area (Å²) in [7, 11) is 0. The van der Waals surface area contributed by atoms with E-state index in [1.165, 1.54) is 0 Å². The van der Waals surface area contributed by atoms with Crippen molar-refractivity contribution in [3.8, 4) is 67.5 Å². The van der Waals surface area contributed by atoms with Gasteiger partial charge in [0.2, 0.25) is 0 Å². The van der Waals surface area contributed by atoms with Gasteiger partial charge >= 0.3 is 6.18 Å². The largest absolute Gasteiger partial charge is 0.420 e. The van der Waals surface area contributed by atoms with Crippen LogP contribution in [0, 0.1) is 6.57 Å². The smallest absolute Gasteiger partial charge is 0.309 e. The minimum absolute atomic E-state index is 0.0363. The van der Waals surface area contributed by atoms with Gasteiger partial charge in [-0.1, -0.05) is 140 Å². The summed E-state index contributed by atoms with van der Waals surface area (Å²) in [5, 5.41) is 3.17. The molecule has 0 saturated carbocycles. The van der Waals surface area contributed by atoms with E-state index in [4.69, 9.17) is 16.5 Å². The molecule has 4 heterocycles. The van der Waals surface area contributed by atoms with Crippen LogP contribution in [0.15, 0.2) is 218 Å². The number of hydrogen-bond donors (Lipinski definition) is 0. The SMILES string of the molecule is [C-]#[N+]c1cccc(-c2cc(-n3c4ccccc4c4cc(-c5cccc(-c6ccccc6)n5)ccc43)c(C(F)(F)F)c(-n3c4ccccc4c4cc(-c5cccc(-c6ccccc6)n5)ccc43)c2)c1. The standard InChI is InChI=1S/C60H36F3N5/c1-64-44-20-12-19-40(33-44)43-36-57(67-53-27-10-8-21-45(53)47-34-41(29-31-55(47)67)51-25-13-23-49(65-51)38-15-4-2-5-16-38)59(60(61,62)63)58(37-43)68-54-28-11-9-22-46(54)48-35-42(30-32-56(48)68)52-26-14-24-50(66-52)39-17-6-3-7-18-39/h2-37H. The maximum atomic E-state index is 16.6. The zero-order valence-corrected chi connectivity index (χ0v) is 36.2. The number of alkyl halides is 3. The van der Waals surface area contributed by atoms with E-state index in [0.717, 1.165) is 66.6 Å². The van der Waals surface area contributed by atoms with E-state index in [0.29, 0.717) is 38.9 Å². The topological polar surface area (TPSA) is 40.0 Å². The number of fused-ring (bicyclic) bond motifs is 6. The van der Waals surface area contributed by atoms with E-state index in [1.807, 2.05) is 188 Å². The van der Waals surface area contributed by atoms with E-state index >= 15 is 13.2 Å². The van der Waals surface area contributed by atoms with Gasteiger partial charge < -0.3 is 9.13 Å². The van der Waals surface area contributed by atoms with Crippen LogP contribution in [0.2, 0.25) is 0 Å². The highest BCUT2D eigenvalue weighted by molar-refractivity contribution is 6.12. The normalized spacial score (nSPS) is 11.7. The number of hydrogen-bond acceptors (Lipinski definition) is 2. The molecule has 12 rings (SSSR count). The van der Waals surface area contributed by atoms with E-state index in [2.05, 4.69) is 4.85 Å². The van der Waals surface area contributed by atoms with E-state index in [9.17, 15) is 0 Å². The molecule has 5 nitrogen and oxygen atoms in total. The minimum atomic E-state index is -4.83. The average Bonchev–Trinajstić information content (AvgIpc) is 3.91. The highest BCUT2D eigenvalue weighted by atomic mass is 19.4. The Morgan fingerprint density at radius 1 is 0.353 bits per heavy atom. The Labute approximate surface area is 389 Å². The molecular weight excluding hydrogens is 848 g/mol. The molecular formula is C60H36F3N5. The average molecular weight is 884 g/mol. The minimum Gasteiger partial charge on any atom is -0.309 e. The molecule has 8 aromatic carbocycles. The fourth-order valence-corrected chi connectivity index (χ4v) is 9.69. The third-order valence-electron chi connectivity index (χ3n) is 12.7. The Morgan fingerprint density at radius 3 is 1.24 bits per heavy atom. The molecule has 8 heteroatoms. The first-order valence-electron chi connectivity index (χ1n) is 22.2. The highest BCUT2D eigenvalue weighted by Gasteiger charge is 2.39. The van der Waals surface area contributed by atoms with Crippen LogP contribution in [0.1, 0.15) is 5.56 Å². The zero-order valence-electron chi connectivity index (χ0n) is 36.2. The molecule has 0 aliphatic heterocycles. The molecule has 0 atom stereocenters. The second kappa shape index (κ2) is 16.1. The van der Waals surface area contributed by atoms with Crippen molar-refractivity contribution < 1.29 is 13.2 Å². The second-order valence-electron chi connectivity index (χ2n) is 16.8. The van der Waals surface area contributed by atoms with Crippen LogP contribution in [0.3, 0.4) is 0 Å². The van der Waals surface area contributed by atoms with Crippen molar-refractivity contribution in [1.82, 2.24) is 19.1 Å². The summed E-state index contributed by atoms with van der Waals surface area (Å²) in [6.45, 7) is 7.82. The number of nitrogens with zero attached hydrogens (tertiary/aromatic N) is 5.